The first-order valence-electron chi connectivity index (χ1n) is 5.38. The summed E-state index contributed by atoms with van der Waals surface area (Å²) in [7, 11) is -3.33. The number of hydrogen-bond acceptors (Lipinski definition) is 3. The van der Waals surface area contributed by atoms with Crippen LogP contribution in [0.4, 0.5) is 0 Å². The minimum absolute atomic E-state index is 0.108. The molecule has 0 bridgehead atoms. The fourth-order valence-corrected chi connectivity index (χ4v) is 2.32. The van der Waals surface area contributed by atoms with Crippen LogP contribution < -0.4 is 5.32 Å². The Morgan fingerprint density at radius 2 is 1.75 bits per heavy atom. The largest absolute Gasteiger partial charge is 0.355 e. The van der Waals surface area contributed by atoms with Gasteiger partial charge < -0.3 is 5.32 Å². The van der Waals surface area contributed by atoms with E-state index in [0.29, 0.717) is 12.5 Å². The van der Waals surface area contributed by atoms with E-state index in [0.717, 1.165) is 6.26 Å². The maximum absolute atomic E-state index is 11.5. The molecule has 0 aliphatic carbocycles. The van der Waals surface area contributed by atoms with Gasteiger partial charge in [0.1, 0.15) is 0 Å². The standard InChI is InChI=1S/C10H22N2O3S/c1-8(2)6-11-10(13)7-12(9(3)4)16(5,14)15/h8-9H,6-7H2,1-5H3,(H,11,13). The highest BCUT2D eigenvalue weighted by atomic mass is 32.2. The molecular weight excluding hydrogens is 228 g/mol. The second kappa shape index (κ2) is 6.20. The molecule has 0 atom stereocenters. The van der Waals surface area contributed by atoms with Crippen molar-refractivity contribution < 1.29 is 13.2 Å². The molecule has 0 saturated carbocycles. The van der Waals surface area contributed by atoms with Gasteiger partial charge in [0.2, 0.25) is 15.9 Å². The van der Waals surface area contributed by atoms with Gasteiger partial charge in [0.25, 0.3) is 0 Å². The smallest absolute Gasteiger partial charge is 0.235 e. The zero-order valence-corrected chi connectivity index (χ0v) is 11.5. The van der Waals surface area contributed by atoms with E-state index in [2.05, 4.69) is 5.32 Å². The maximum atomic E-state index is 11.5. The fourth-order valence-electron chi connectivity index (χ4n) is 1.20. The molecule has 0 aliphatic heterocycles. The molecule has 0 aromatic carbocycles. The van der Waals surface area contributed by atoms with Crippen LogP contribution in [0.25, 0.3) is 0 Å². The number of sulfonamides is 1. The lowest BCUT2D eigenvalue weighted by Crippen LogP contribution is -2.44. The fraction of sp³-hybridized carbons (Fsp3) is 0.900. The zero-order chi connectivity index (χ0) is 12.9. The van der Waals surface area contributed by atoms with Crippen molar-refractivity contribution in [3.63, 3.8) is 0 Å². The first-order valence-corrected chi connectivity index (χ1v) is 7.23. The van der Waals surface area contributed by atoms with Gasteiger partial charge in [-0.3, -0.25) is 4.79 Å². The van der Waals surface area contributed by atoms with Gasteiger partial charge in [-0.05, 0) is 19.8 Å². The van der Waals surface area contributed by atoms with Crippen LogP contribution in [0.3, 0.4) is 0 Å². The normalized spacial score (nSPS) is 12.5. The Hall–Kier alpha value is -0.620. The molecule has 16 heavy (non-hydrogen) atoms. The molecule has 0 aliphatic rings. The first kappa shape index (κ1) is 15.4. The summed E-state index contributed by atoms with van der Waals surface area (Å²) in [4.78, 5) is 11.5. The van der Waals surface area contributed by atoms with Crippen LogP contribution in [-0.2, 0) is 14.8 Å². The minimum Gasteiger partial charge on any atom is -0.355 e. The van der Waals surface area contributed by atoms with E-state index in [1.54, 1.807) is 13.8 Å². The average molecular weight is 250 g/mol. The van der Waals surface area contributed by atoms with Crippen molar-refractivity contribution in [2.24, 2.45) is 5.92 Å². The van der Waals surface area contributed by atoms with Crippen LogP contribution in [0.5, 0.6) is 0 Å². The molecule has 0 saturated heterocycles. The van der Waals surface area contributed by atoms with Gasteiger partial charge in [0, 0.05) is 12.6 Å². The van der Waals surface area contributed by atoms with Crippen molar-refractivity contribution in [1.82, 2.24) is 9.62 Å². The van der Waals surface area contributed by atoms with Gasteiger partial charge in [0.05, 0.1) is 12.8 Å². The third kappa shape index (κ3) is 6.07. The molecule has 0 spiro atoms. The summed E-state index contributed by atoms with van der Waals surface area (Å²) < 4.78 is 24.0. The summed E-state index contributed by atoms with van der Waals surface area (Å²) >= 11 is 0. The number of hydrogen-bond donors (Lipinski definition) is 1. The van der Waals surface area contributed by atoms with Gasteiger partial charge in [-0.25, -0.2) is 8.42 Å². The molecule has 5 nitrogen and oxygen atoms in total. The van der Waals surface area contributed by atoms with Crippen LogP contribution in [0, 0.1) is 5.92 Å². The summed E-state index contributed by atoms with van der Waals surface area (Å²) in [5, 5.41) is 2.69. The molecular formula is C10H22N2O3S. The average Bonchev–Trinajstić information content (AvgIpc) is 2.08. The third-order valence-corrected chi connectivity index (χ3v) is 3.41. The Morgan fingerprint density at radius 1 is 1.25 bits per heavy atom. The van der Waals surface area contributed by atoms with Crippen LogP contribution >= 0.6 is 0 Å². The SMILES string of the molecule is CC(C)CNC(=O)CN(C(C)C)S(C)(=O)=O. The summed E-state index contributed by atoms with van der Waals surface area (Å²) in [6.45, 7) is 7.92. The molecule has 1 N–H and O–H groups in total. The molecule has 0 radical (unpaired) electrons. The first-order chi connectivity index (χ1) is 7.14. The van der Waals surface area contributed by atoms with E-state index in [1.807, 2.05) is 13.8 Å². The highest BCUT2D eigenvalue weighted by Gasteiger charge is 2.22. The molecule has 6 heteroatoms. The van der Waals surface area contributed by atoms with Gasteiger partial charge in [-0.15, -0.1) is 0 Å². The quantitative estimate of drug-likeness (QED) is 0.743. The number of nitrogens with zero attached hydrogens (tertiary/aromatic N) is 1. The lowest BCUT2D eigenvalue weighted by atomic mass is 10.2. The van der Waals surface area contributed by atoms with E-state index in [-0.39, 0.29) is 18.5 Å². The van der Waals surface area contributed by atoms with Crippen molar-refractivity contribution in [3.05, 3.63) is 0 Å². The molecule has 0 heterocycles. The highest BCUT2D eigenvalue weighted by Crippen LogP contribution is 2.04. The van der Waals surface area contributed by atoms with Gasteiger partial charge >= 0.3 is 0 Å². The van der Waals surface area contributed by atoms with E-state index >= 15 is 0 Å². The predicted octanol–water partition coefficient (Wildman–Crippen LogP) is 0.429. The van der Waals surface area contributed by atoms with Crippen LogP contribution in [0.15, 0.2) is 0 Å². The molecule has 0 aromatic heterocycles. The molecule has 0 rings (SSSR count). The monoisotopic (exact) mass is 250 g/mol. The van der Waals surface area contributed by atoms with Crippen LogP contribution in [0.2, 0.25) is 0 Å². The zero-order valence-electron chi connectivity index (χ0n) is 10.6. The Labute approximate surface area is 98.3 Å². The summed E-state index contributed by atoms with van der Waals surface area (Å²) in [6, 6.07) is -0.209. The molecule has 1 amide bonds. The summed E-state index contributed by atoms with van der Waals surface area (Å²) in [6.07, 6.45) is 1.11. The van der Waals surface area contributed by atoms with E-state index in [4.69, 9.17) is 0 Å². The molecule has 0 fully saturated rings. The van der Waals surface area contributed by atoms with E-state index in [1.165, 1.54) is 4.31 Å². The van der Waals surface area contributed by atoms with Gasteiger partial charge in [-0.1, -0.05) is 13.8 Å². The van der Waals surface area contributed by atoms with Crippen molar-refractivity contribution in [3.8, 4) is 0 Å². The molecule has 96 valence electrons. The number of rotatable bonds is 6. The number of nitrogens with one attached hydrogen (secondary N) is 1. The molecule has 0 unspecified atom stereocenters. The van der Waals surface area contributed by atoms with Crippen LogP contribution in [-0.4, -0.2) is 44.0 Å². The predicted molar refractivity (Wildman–Crippen MR) is 64.5 cm³/mol. The van der Waals surface area contributed by atoms with E-state index in [9.17, 15) is 13.2 Å². The second-order valence-electron chi connectivity index (χ2n) is 4.60. The second-order valence-corrected chi connectivity index (χ2v) is 6.53. The Balaban J connectivity index is 4.38. The summed E-state index contributed by atoms with van der Waals surface area (Å²) in [5.74, 6) is 0.0995. The maximum Gasteiger partial charge on any atom is 0.235 e. The van der Waals surface area contributed by atoms with Gasteiger partial charge in [0.15, 0.2) is 0 Å². The van der Waals surface area contributed by atoms with E-state index < -0.39 is 10.0 Å². The minimum atomic E-state index is -3.33. The van der Waals surface area contributed by atoms with Crippen molar-refractivity contribution >= 4 is 15.9 Å². The third-order valence-electron chi connectivity index (χ3n) is 2.01. The molecule has 0 aromatic rings. The van der Waals surface area contributed by atoms with Crippen molar-refractivity contribution in [1.29, 1.82) is 0 Å². The van der Waals surface area contributed by atoms with Crippen molar-refractivity contribution in [2.75, 3.05) is 19.3 Å². The number of amides is 1. The Bertz CT molecular complexity index is 323. The number of carbonyl (C=O) groups excluding carboxylic acids is 1. The lowest BCUT2D eigenvalue weighted by Gasteiger charge is -2.23. The number of carbonyl (C=O) groups is 1. The van der Waals surface area contributed by atoms with Crippen LogP contribution in [0.1, 0.15) is 27.7 Å². The Morgan fingerprint density at radius 3 is 2.06 bits per heavy atom. The Kier molecular flexibility index (Phi) is 5.96. The summed E-state index contributed by atoms with van der Waals surface area (Å²) in [5.41, 5.74) is 0. The topological polar surface area (TPSA) is 66.5 Å². The van der Waals surface area contributed by atoms with Gasteiger partial charge in [-0.2, -0.15) is 4.31 Å². The highest BCUT2D eigenvalue weighted by molar-refractivity contribution is 7.88. The van der Waals surface area contributed by atoms with Crippen molar-refractivity contribution in [2.45, 2.75) is 33.7 Å². The lowest BCUT2D eigenvalue weighted by molar-refractivity contribution is -0.121.